The van der Waals surface area contributed by atoms with Crippen molar-refractivity contribution in [3.8, 4) is 5.75 Å². The number of carbonyl (C=O) groups is 3. The van der Waals surface area contributed by atoms with E-state index in [1.54, 1.807) is 30.3 Å². The van der Waals surface area contributed by atoms with Crippen molar-refractivity contribution in [3.63, 3.8) is 0 Å². The number of piperazine rings is 1. The molecule has 1 unspecified atom stereocenters. The number of hydrogen-bond donors (Lipinski definition) is 1. The highest BCUT2D eigenvalue weighted by atomic mass is 16.5. The second-order valence-corrected chi connectivity index (χ2v) is 6.12. The van der Waals surface area contributed by atoms with Crippen LogP contribution in [-0.4, -0.2) is 67.6 Å². The lowest BCUT2D eigenvalue weighted by molar-refractivity contribution is -0.147. The predicted octanol–water partition coefficient (Wildman–Crippen LogP) is 1.82. The first kappa shape index (κ1) is 19.3. The summed E-state index contributed by atoms with van der Waals surface area (Å²) < 4.78 is 15.1. The Hall–Kier alpha value is -3.49. The Morgan fingerprint density at radius 3 is 2.64 bits per heavy atom. The number of ether oxygens (including phenoxy) is 2. The van der Waals surface area contributed by atoms with E-state index in [1.807, 2.05) is 0 Å². The highest BCUT2D eigenvalue weighted by molar-refractivity contribution is 5.96. The number of urea groups is 1. The van der Waals surface area contributed by atoms with E-state index < -0.39 is 17.9 Å². The maximum absolute atomic E-state index is 12.6. The molecule has 0 saturated carbocycles. The summed E-state index contributed by atoms with van der Waals surface area (Å²) in [5, 5.41) is 2.77. The number of carbonyl (C=O) groups excluding carboxylic acids is 3. The van der Waals surface area contributed by atoms with Gasteiger partial charge in [-0.25, -0.2) is 9.59 Å². The smallest absolute Gasteiger partial charge is 0.330 e. The van der Waals surface area contributed by atoms with Crippen LogP contribution >= 0.6 is 0 Å². The third-order valence-electron chi connectivity index (χ3n) is 4.45. The third kappa shape index (κ3) is 4.08. The average Bonchev–Trinajstić information content (AvgIpc) is 3.27. The number of nitrogens with zero attached hydrogens (tertiary/aromatic N) is 2. The van der Waals surface area contributed by atoms with Gasteiger partial charge in [-0.05, 0) is 24.3 Å². The van der Waals surface area contributed by atoms with Crippen LogP contribution in [0, 0.1) is 0 Å². The standard InChI is InChI=1S/C19H21N3O6/c1-26-14-6-3-5-13(11-14)20-19(25)21-8-9-22(15(12-21)18(24)27-2)17(23)16-7-4-10-28-16/h3-7,10-11,15H,8-9,12H2,1-2H3,(H,20,25). The zero-order chi connectivity index (χ0) is 20.1. The zero-order valence-corrected chi connectivity index (χ0v) is 15.6. The molecule has 1 aliphatic rings. The molecule has 1 aromatic heterocycles. The number of methoxy groups -OCH3 is 2. The van der Waals surface area contributed by atoms with E-state index in [4.69, 9.17) is 13.9 Å². The summed E-state index contributed by atoms with van der Waals surface area (Å²) in [5.41, 5.74) is 0.563. The Balaban J connectivity index is 1.72. The molecule has 0 bridgehead atoms. The van der Waals surface area contributed by atoms with E-state index in [0.29, 0.717) is 11.4 Å². The number of furan rings is 1. The van der Waals surface area contributed by atoms with Crippen molar-refractivity contribution in [1.29, 1.82) is 0 Å². The molecule has 1 saturated heterocycles. The number of benzene rings is 1. The van der Waals surface area contributed by atoms with Crippen LogP contribution in [0.5, 0.6) is 5.75 Å². The molecule has 2 aromatic rings. The minimum absolute atomic E-state index is 0.00885. The van der Waals surface area contributed by atoms with E-state index in [1.165, 1.54) is 36.3 Å². The van der Waals surface area contributed by atoms with Gasteiger partial charge in [-0.1, -0.05) is 6.07 Å². The molecular weight excluding hydrogens is 366 g/mol. The van der Waals surface area contributed by atoms with Crippen LogP contribution in [0.2, 0.25) is 0 Å². The van der Waals surface area contributed by atoms with Crippen molar-refractivity contribution in [1.82, 2.24) is 9.80 Å². The van der Waals surface area contributed by atoms with Gasteiger partial charge in [0.15, 0.2) is 5.76 Å². The van der Waals surface area contributed by atoms with Crippen molar-refractivity contribution in [2.45, 2.75) is 6.04 Å². The molecule has 9 nitrogen and oxygen atoms in total. The van der Waals surface area contributed by atoms with E-state index in [2.05, 4.69) is 5.32 Å². The zero-order valence-electron chi connectivity index (χ0n) is 15.6. The number of nitrogens with one attached hydrogen (secondary N) is 1. The van der Waals surface area contributed by atoms with Crippen molar-refractivity contribution >= 4 is 23.6 Å². The molecule has 0 spiro atoms. The second-order valence-electron chi connectivity index (χ2n) is 6.12. The average molecular weight is 387 g/mol. The van der Waals surface area contributed by atoms with E-state index in [9.17, 15) is 14.4 Å². The summed E-state index contributed by atoms with van der Waals surface area (Å²) in [5.74, 6) is -0.283. The number of anilines is 1. The first-order valence-corrected chi connectivity index (χ1v) is 8.65. The van der Waals surface area contributed by atoms with Crippen molar-refractivity contribution in [2.24, 2.45) is 0 Å². The normalized spacial score (nSPS) is 16.4. The van der Waals surface area contributed by atoms with Gasteiger partial charge in [-0.2, -0.15) is 0 Å². The van der Waals surface area contributed by atoms with Crippen molar-refractivity contribution < 1.29 is 28.3 Å². The summed E-state index contributed by atoms with van der Waals surface area (Å²) in [6.45, 7) is 0.440. The minimum Gasteiger partial charge on any atom is -0.497 e. The van der Waals surface area contributed by atoms with Gasteiger partial charge in [-0.3, -0.25) is 4.79 Å². The molecule has 1 fully saturated rings. The molecule has 2 heterocycles. The molecule has 1 N–H and O–H groups in total. The fraction of sp³-hybridized carbons (Fsp3) is 0.316. The highest BCUT2D eigenvalue weighted by Crippen LogP contribution is 2.19. The first-order valence-electron chi connectivity index (χ1n) is 8.65. The van der Waals surface area contributed by atoms with Crippen LogP contribution in [0.15, 0.2) is 47.1 Å². The largest absolute Gasteiger partial charge is 0.497 e. The molecule has 0 radical (unpaired) electrons. The van der Waals surface area contributed by atoms with Crippen LogP contribution in [0.3, 0.4) is 0 Å². The topological polar surface area (TPSA) is 101 Å². The fourth-order valence-electron chi connectivity index (χ4n) is 2.99. The quantitative estimate of drug-likeness (QED) is 0.803. The molecule has 1 atom stereocenters. The van der Waals surface area contributed by atoms with E-state index >= 15 is 0 Å². The molecule has 3 rings (SSSR count). The summed E-state index contributed by atoms with van der Waals surface area (Å²) in [6.07, 6.45) is 1.39. The van der Waals surface area contributed by atoms with Crippen LogP contribution in [-0.2, 0) is 9.53 Å². The molecule has 9 heteroatoms. The maximum Gasteiger partial charge on any atom is 0.330 e. The molecular formula is C19H21N3O6. The van der Waals surface area contributed by atoms with Gasteiger partial charge < -0.3 is 29.0 Å². The second kappa shape index (κ2) is 8.47. The lowest BCUT2D eigenvalue weighted by Gasteiger charge is -2.39. The Morgan fingerprint density at radius 2 is 1.96 bits per heavy atom. The molecule has 28 heavy (non-hydrogen) atoms. The summed E-state index contributed by atoms with van der Waals surface area (Å²) in [4.78, 5) is 40.3. The lowest BCUT2D eigenvalue weighted by Crippen LogP contribution is -2.60. The predicted molar refractivity (Wildman–Crippen MR) is 99.1 cm³/mol. The molecule has 1 aliphatic heterocycles. The maximum atomic E-state index is 12.6. The van der Waals surface area contributed by atoms with Gasteiger partial charge in [-0.15, -0.1) is 0 Å². The Kier molecular flexibility index (Phi) is 5.83. The Bertz CT molecular complexity index is 851. The van der Waals surface area contributed by atoms with Gasteiger partial charge in [0.25, 0.3) is 5.91 Å². The summed E-state index contributed by atoms with van der Waals surface area (Å²) >= 11 is 0. The SMILES string of the molecule is COC(=O)C1CN(C(=O)Nc2cccc(OC)c2)CCN1C(=O)c1ccco1. The lowest BCUT2D eigenvalue weighted by atomic mass is 10.1. The monoisotopic (exact) mass is 387 g/mol. The van der Waals surface area contributed by atoms with Gasteiger partial charge in [0, 0.05) is 24.8 Å². The number of amides is 3. The van der Waals surface area contributed by atoms with E-state index in [0.717, 1.165) is 0 Å². The number of hydrogen-bond acceptors (Lipinski definition) is 6. The van der Waals surface area contributed by atoms with Gasteiger partial charge in [0.2, 0.25) is 0 Å². The summed E-state index contributed by atoms with van der Waals surface area (Å²) in [7, 11) is 2.78. The van der Waals surface area contributed by atoms with Crippen molar-refractivity contribution in [3.05, 3.63) is 48.4 Å². The van der Waals surface area contributed by atoms with Gasteiger partial charge in [0.1, 0.15) is 11.8 Å². The molecule has 0 aliphatic carbocycles. The molecule has 148 valence electrons. The van der Waals surface area contributed by atoms with Crippen molar-refractivity contribution in [2.75, 3.05) is 39.2 Å². The number of rotatable bonds is 4. The third-order valence-corrected chi connectivity index (χ3v) is 4.45. The van der Waals surface area contributed by atoms with Gasteiger partial charge in [0.05, 0.1) is 27.0 Å². The molecule has 3 amide bonds. The summed E-state index contributed by atoms with van der Waals surface area (Å²) in [6, 6.07) is 8.76. The number of esters is 1. The van der Waals surface area contributed by atoms with Crippen LogP contribution in [0.1, 0.15) is 10.6 Å². The Labute approximate surface area is 161 Å². The van der Waals surface area contributed by atoms with Crippen LogP contribution < -0.4 is 10.1 Å². The first-order chi connectivity index (χ1) is 13.5. The minimum atomic E-state index is -0.924. The van der Waals surface area contributed by atoms with Crippen LogP contribution in [0.25, 0.3) is 0 Å². The van der Waals surface area contributed by atoms with Gasteiger partial charge >= 0.3 is 12.0 Å². The Morgan fingerprint density at radius 1 is 1.14 bits per heavy atom. The molecule has 1 aromatic carbocycles. The highest BCUT2D eigenvalue weighted by Gasteiger charge is 2.38. The van der Waals surface area contributed by atoms with Crippen LogP contribution in [0.4, 0.5) is 10.5 Å². The van der Waals surface area contributed by atoms with E-state index in [-0.39, 0.29) is 31.4 Å². The fourth-order valence-corrected chi connectivity index (χ4v) is 2.99.